The Balaban J connectivity index is 2.15. The number of halogens is 1. The minimum absolute atomic E-state index is 0.0266. The summed E-state index contributed by atoms with van der Waals surface area (Å²) in [5.74, 6) is 0.124. The van der Waals surface area contributed by atoms with Gasteiger partial charge in [0, 0.05) is 16.8 Å². The van der Waals surface area contributed by atoms with E-state index in [2.05, 4.69) is 44.7 Å². The molecule has 2 aromatic rings. The number of nitrogens with zero attached hydrogens (tertiary/aromatic N) is 1. The Kier molecular flexibility index (Phi) is 4.11. The average molecular weight is 332 g/mol. The molecule has 1 aliphatic heterocycles. The molecule has 0 aliphatic carbocycles. The van der Waals surface area contributed by atoms with Gasteiger partial charge in [-0.05, 0) is 42.7 Å². The third kappa shape index (κ3) is 2.49. The molecule has 0 saturated carbocycles. The second-order valence-electron chi connectivity index (χ2n) is 5.67. The maximum absolute atomic E-state index is 12.2. The first-order valence-corrected chi connectivity index (χ1v) is 8.49. The van der Waals surface area contributed by atoms with E-state index >= 15 is 0 Å². The summed E-state index contributed by atoms with van der Waals surface area (Å²) in [6.45, 7) is 8.46. The molecule has 2 heterocycles. The van der Waals surface area contributed by atoms with Gasteiger partial charge in [0.25, 0.3) is 0 Å². The lowest BCUT2D eigenvalue weighted by Gasteiger charge is -2.39. The molecule has 0 fully saturated rings. The molecule has 1 aromatic heterocycles. The van der Waals surface area contributed by atoms with E-state index < -0.39 is 0 Å². The molecule has 0 saturated heterocycles. The molecule has 0 radical (unpaired) electrons. The number of fused-ring (bicyclic) bond motifs is 1. The van der Waals surface area contributed by atoms with E-state index in [4.69, 9.17) is 11.6 Å². The Morgan fingerprint density at radius 2 is 2.14 bits per heavy atom. The number of carbonyl (C=O) groups is 1. The molecule has 1 aliphatic rings. The van der Waals surface area contributed by atoms with E-state index in [-0.39, 0.29) is 17.9 Å². The van der Waals surface area contributed by atoms with Crippen LogP contribution in [0.15, 0.2) is 43.0 Å². The smallest absolute Gasteiger partial charge is 0.246 e. The van der Waals surface area contributed by atoms with Crippen molar-refractivity contribution in [1.29, 1.82) is 0 Å². The van der Waals surface area contributed by atoms with Crippen molar-refractivity contribution < 1.29 is 4.79 Å². The number of benzene rings is 1. The number of hydrogen-bond donors (Lipinski definition) is 0. The molecule has 0 N–H and O–H groups in total. The van der Waals surface area contributed by atoms with Crippen LogP contribution in [0.5, 0.6) is 0 Å². The van der Waals surface area contributed by atoms with Gasteiger partial charge in [0.1, 0.15) is 0 Å². The van der Waals surface area contributed by atoms with E-state index in [0.717, 1.165) is 4.34 Å². The highest BCUT2D eigenvalue weighted by Crippen LogP contribution is 2.44. The summed E-state index contributed by atoms with van der Waals surface area (Å²) in [7, 11) is 0. The van der Waals surface area contributed by atoms with E-state index in [1.807, 2.05) is 11.0 Å². The van der Waals surface area contributed by atoms with Crippen molar-refractivity contribution in [2.24, 2.45) is 0 Å². The molecule has 0 bridgehead atoms. The zero-order valence-corrected chi connectivity index (χ0v) is 14.2. The lowest BCUT2D eigenvalue weighted by molar-refractivity contribution is -0.129. The van der Waals surface area contributed by atoms with Crippen molar-refractivity contribution in [3.05, 3.63) is 68.9 Å². The summed E-state index contributed by atoms with van der Waals surface area (Å²) in [6, 6.07) is 10.5. The average Bonchev–Trinajstić information content (AvgIpc) is 2.87. The van der Waals surface area contributed by atoms with Crippen LogP contribution in [0.4, 0.5) is 0 Å². The predicted molar refractivity (Wildman–Crippen MR) is 92.6 cm³/mol. The monoisotopic (exact) mass is 331 g/mol. The molecular weight excluding hydrogens is 314 g/mol. The van der Waals surface area contributed by atoms with Crippen LogP contribution in [0.2, 0.25) is 4.34 Å². The lowest BCUT2D eigenvalue weighted by Crippen LogP contribution is -2.44. The minimum atomic E-state index is -0.0266. The van der Waals surface area contributed by atoms with Gasteiger partial charge in [-0.1, -0.05) is 42.4 Å². The Hall–Kier alpha value is -1.58. The molecule has 0 unspecified atom stereocenters. The fourth-order valence-corrected chi connectivity index (χ4v) is 4.62. The van der Waals surface area contributed by atoms with Crippen molar-refractivity contribution in [3.63, 3.8) is 0 Å². The third-order valence-electron chi connectivity index (χ3n) is 4.42. The molecule has 2 atom stereocenters. The zero-order valence-electron chi connectivity index (χ0n) is 12.7. The fourth-order valence-electron chi connectivity index (χ4n) is 3.29. The standard InChI is InChI=1S/C18H18ClNOS/c1-4-17(21)20-10-15-14(9-16(19)22-15)18(12(20)3)13-8-6-5-7-11(13)2/h4-9,12,18H,1,10H2,2-3H3/t12-,18+/m0/s1. The van der Waals surface area contributed by atoms with Crippen molar-refractivity contribution in [2.45, 2.75) is 32.4 Å². The topological polar surface area (TPSA) is 20.3 Å². The first-order chi connectivity index (χ1) is 10.5. The summed E-state index contributed by atoms with van der Waals surface area (Å²) in [6.07, 6.45) is 1.39. The number of thiophene rings is 1. The summed E-state index contributed by atoms with van der Waals surface area (Å²) in [4.78, 5) is 15.3. The molecule has 1 aromatic carbocycles. The quantitative estimate of drug-likeness (QED) is 0.727. The fraction of sp³-hybridized carbons (Fsp3) is 0.278. The first kappa shape index (κ1) is 15.3. The highest BCUT2D eigenvalue weighted by atomic mass is 35.5. The summed E-state index contributed by atoms with van der Waals surface area (Å²) < 4.78 is 0.781. The SMILES string of the molecule is C=CC(=O)N1Cc2sc(Cl)cc2[C@@H](c2ccccc2C)[C@@H]1C. The van der Waals surface area contributed by atoms with Crippen molar-refractivity contribution in [3.8, 4) is 0 Å². The Labute approximate surface area is 140 Å². The normalized spacial score (nSPS) is 20.6. The lowest BCUT2D eigenvalue weighted by atomic mass is 9.81. The van der Waals surface area contributed by atoms with Gasteiger partial charge in [0.05, 0.1) is 10.9 Å². The maximum atomic E-state index is 12.2. The number of aryl methyl sites for hydroxylation is 1. The van der Waals surface area contributed by atoms with Crippen molar-refractivity contribution >= 4 is 28.8 Å². The van der Waals surface area contributed by atoms with Crippen LogP contribution in [0.3, 0.4) is 0 Å². The van der Waals surface area contributed by atoms with E-state index in [1.165, 1.54) is 27.6 Å². The number of amides is 1. The van der Waals surface area contributed by atoms with Crippen molar-refractivity contribution in [2.75, 3.05) is 0 Å². The molecule has 22 heavy (non-hydrogen) atoms. The van der Waals surface area contributed by atoms with Gasteiger partial charge in [-0.15, -0.1) is 11.3 Å². The molecule has 0 spiro atoms. The second kappa shape index (κ2) is 5.90. The molecule has 4 heteroatoms. The van der Waals surface area contributed by atoms with E-state index in [1.54, 1.807) is 11.3 Å². The molecule has 3 rings (SSSR count). The summed E-state index contributed by atoms with van der Waals surface area (Å²) in [5, 5.41) is 0. The highest BCUT2D eigenvalue weighted by Gasteiger charge is 2.36. The van der Waals surface area contributed by atoms with Gasteiger partial charge in [-0.2, -0.15) is 0 Å². The van der Waals surface area contributed by atoms with Gasteiger partial charge in [-0.3, -0.25) is 4.79 Å². The number of hydrogen-bond acceptors (Lipinski definition) is 2. The second-order valence-corrected chi connectivity index (χ2v) is 7.44. The van der Waals surface area contributed by atoms with Gasteiger partial charge in [0.15, 0.2) is 0 Å². The Bertz CT molecular complexity index is 736. The van der Waals surface area contributed by atoms with Crippen LogP contribution < -0.4 is 0 Å². The van der Waals surface area contributed by atoms with Crippen LogP contribution in [-0.2, 0) is 11.3 Å². The van der Waals surface area contributed by atoms with Gasteiger partial charge < -0.3 is 4.90 Å². The first-order valence-electron chi connectivity index (χ1n) is 7.29. The van der Waals surface area contributed by atoms with E-state index in [9.17, 15) is 4.79 Å². The molecule has 1 amide bonds. The van der Waals surface area contributed by atoms with Crippen LogP contribution in [0, 0.1) is 6.92 Å². The Morgan fingerprint density at radius 3 is 2.82 bits per heavy atom. The Morgan fingerprint density at radius 1 is 1.41 bits per heavy atom. The van der Waals surface area contributed by atoms with Gasteiger partial charge >= 0.3 is 0 Å². The largest absolute Gasteiger partial charge is 0.330 e. The van der Waals surface area contributed by atoms with Crippen LogP contribution >= 0.6 is 22.9 Å². The van der Waals surface area contributed by atoms with Gasteiger partial charge in [0.2, 0.25) is 5.91 Å². The highest BCUT2D eigenvalue weighted by molar-refractivity contribution is 7.16. The van der Waals surface area contributed by atoms with Crippen LogP contribution in [0.1, 0.15) is 34.4 Å². The van der Waals surface area contributed by atoms with E-state index in [0.29, 0.717) is 6.54 Å². The third-order valence-corrected chi connectivity index (χ3v) is 5.68. The number of rotatable bonds is 2. The molecule has 2 nitrogen and oxygen atoms in total. The van der Waals surface area contributed by atoms with Crippen molar-refractivity contribution in [1.82, 2.24) is 4.90 Å². The van der Waals surface area contributed by atoms with Crippen LogP contribution in [-0.4, -0.2) is 16.8 Å². The zero-order chi connectivity index (χ0) is 15.9. The summed E-state index contributed by atoms with van der Waals surface area (Å²) in [5.41, 5.74) is 3.75. The maximum Gasteiger partial charge on any atom is 0.246 e. The minimum Gasteiger partial charge on any atom is -0.330 e. The van der Waals surface area contributed by atoms with Crippen LogP contribution in [0.25, 0.3) is 0 Å². The summed E-state index contributed by atoms with van der Waals surface area (Å²) >= 11 is 7.81. The molecular formula is C18H18ClNOS. The molecule has 114 valence electrons. The number of carbonyl (C=O) groups excluding carboxylic acids is 1. The predicted octanol–water partition coefficient (Wildman–Crippen LogP) is 4.76. The van der Waals surface area contributed by atoms with Gasteiger partial charge in [-0.25, -0.2) is 0 Å².